The van der Waals surface area contributed by atoms with Gasteiger partial charge < -0.3 is 10.4 Å². The molecule has 2 aromatic carbocycles. The molecule has 0 saturated heterocycles. The molecule has 2 nitrogen and oxygen atoms in total. The summed E-state index contributed by atoms with van der Waals surface area (Å²) < 4.78 is 0. The van der Waals surface area contributed by atoms with Gasteiger partial charge in [0.2, 0.25) is 0 Å². The number of nitrogens with one attached hydrogen (secondary N) is 1. The summed E-state index contributed by atoms with van der Waals surface area (Å²) in [6.07, 6.45) is -0.463. The van der Waals surface area contributed by atoms with Crippen molar-refractivity contribution in [2.45, 2.75) is 19.1 Å². The minimum Gasteiger partial charge on any atom is -0.387 e. The number of aliphatic hydroxyl groups is 1. The van der Waals surface area contributed by atoms with Crippen molar-refractivity contribution in [3.05, 3.63) is 48.0 Å². The lowest BCUT2D eigenvalue weighted by atomic mass is 10.00. The highest BCUT2D eigenvalue weighted by Crippen LogP contribution is 2.22. The zero-order valence-corrected chi connectivity index (χ0v) is 9.64. The summed E-state index contributed by atoms with van der Waals surface area (Å²) in [4.78, 5) is 0. The fourth-order valence-electron chi connectivity index (χ4n) is 1.84. The van der Waals surface area contributed by atoms with E-state index < -0.39 is 6.10 Å². The number of rotatable bonds is 3. The van der Waals surface area contributed by atoms with Crippen LogP contribution in [0.2, 0.25) is 0 Å². The molecule has 0 heterocycles. The summed E-state index contributed by atoms with van der Waals surface area (Å²) >= 11 is 0. The molecule has 1 unspecified atom stereocenters. The molecule has 0 aliphatic rings. The SMILES string of the molecule is CN[C@@H](C)C(O)c1ccc2ccccc2c1. The largest absolute Gasteiger partial charge is 0.387 e. The molecule has 0 aromatic heterocycles. The monoisotopic (exact) mass is 215 g/mol. The van der Waals surface area contributed by atoms with Gasteiger partial charge >= 0.3 is 0 Å². The van der Waals surface area contributed by atoms with Crippen LogP contribution in [0.3, 0.4) is 0 Å². The highest BCUT2D eigenvalue weighted by molar-refractivity contribution is 5.83. The molecular weight excluding hydrogens is 198 g/mol. The first kappa shape index (κ1) is 11.1. The molecule has 0 aliphatic heterocycles. The Morgan fingerprint density at radius 3 is 2.44 bits per heavy atom. The van der Waals surface area contributed by atoms with E-state index in [-0.39, 0.29) is 6.04 Å². The second-order valence-electron chi connectivity index (χ2n) is 4.13. The van der Waals surface area contributed by atoms with Crippen molar-refractivity contribution in [1.29, 1.82) is 0 Å². The van der Waals surface area contributed by atoms with Gasteiger partial charge in [-0.15, -0.1) is 0 Å². The number of hydrogen-bond donors (Lipinski definition) is 2. The zero-order chi connectivity index (χ0) is 11.5. The standard InChI is InChI=1S/C14H17NO/c1-10(15-2)14(16)13-8-7-11-5-3-4-6-12(11)9-13/h3-10,14-16H,1-2H3/t10-,14?/m0/s1. The summed E-state index contributed by atoms with van der Waals surface area (Å²) in [6, 6.07) is 14.3. The molecule has 0 amide bonds. The minimum atomic E-state index is -0.463. The van der Waals surface area contributed by atoms with Gasteiger partial charge in [0.1, 0.15) is 0 Å². The van der Waals surface area contributed by atoms with Gasteiger partial charge in [0.05, 0.1) is 6.10 Å². The Bertz CT molecular complexity index is 481. The van der Waals surface area contributed by atoms with Gasteiger partial charge in [-0.2, -0.15) is 0 Å². The predicted octanol–water partition coefficient (Wildman–Crippen LogP) is 2.48. The summed E-state index contributed by atoms with van der Waals surface area (Å²) in [5, 5.41) is 15.5. The van der Waals surface area contributed by atoms with E-state index in [9.17, 15) is 5.11 Å². The van der Waals surface area contributed by atoms with E-state index in [1.165, 1.54) is 10.8 Å². The third kappa shape index (κ3) is 2.08. The summed E-state index contributed by atoms with van der Waals surface area (Å²) in [5.41, 5.74) is 0.959. The quantitative estimate of drug-likeness (QED) is 0.824. The first-order valence-electron chi connectivity index (χ1n) is 5.56. The van der Waals surface area contributed by atoms with Crippen LogP contribution in [0.4, 0.5) is 0 Å². The smallest absolute Gasteiger partial charge is 0.0940 e. The van der Waals surface area contributed by atoms with Crippen LogP contribution in [0, 0.1) is 0 Å². The predicted molar refractivity (Wildman–Crippen MR) is 67.4 cm³/mol. The molecule has 2 atom stereocenters. The van der Waals surface area contributed by atoms with Gasteiger partial charge in [-0.25, -0.2) is 0 Å². The van der Waals surface area contributed by atoms with Crippen molar-refractivity contribution in [3.8, 4) is 0 Å². The molecule has 2 N–H and O–H groups in total. The highest BCUT2D eigenvalue weighted by atomic mass is 16.3. The average Bonchev–Trinajstić information content (AvgIpc) is 2.36. The maximum absolute atomic E-state index is 10.1. The minimum absolute atomic E-state index is 0.0566. The zero-order valence-electron chi connectivity index (χ0n) is 9.64. The Hall–Kier alpha value is -1.38. The van der Waals surface area contributed by atoms with Crippen LogP contribution >= 0.6 is 0 Å². The van der Waals surface area contributed by atoms with Crippen LogP contribution in [-0.2, 0) is 0 Å². The summed E-state index contributed by atoms with van der Waals surface area (Å²) in [5.74, 6) is 0. The lowest BCUT2D eigenvalue weighted by Crippen LogP contribution is -2.28. The van der Waals surface area contributed by atoms with Crippen molar-refractivity contribution >= 4 is 10.8 Å². The van der Waals surface area contributed by atoms with E-state index in [4.69, 9.17) is 0 Å². The maximum Gasteiger partial charge on any atom is 0.0940 e. The number of hydrogen-bond acceptors (Lipinski definition) is 2. The number of benzene rings is 2. The molecule has 0 radical (unpaired) electrons. The normalized spacial score (nSPS) is 14.9. The van der Waals surface area contributed by atoms with Gasteiger partial charge in [0.15, 0.2) is 0 Å². The molecule has 0 saturated carbocycles. The van der Waals surface area contributed by atoms with Crippen molar-refractivity contribution in [2.75, 3.05) is 7.05 Å². The Balaban J connectivity index is 2.39. The lowest BCUT2D eigenvalue weighted by Gasteiger charge is -2.18. The van der Waals surface area contributed by atoms with E-state index in [0.29, 0.717) is 0 Å². The molecular formula is C14H17NO. The van der Waals surface area contributed by atoms with Crippen LogP contribution in [0.25, 0.3) is 10.8 Å². The second-order valence-corrected chi connectivity index (χ2v) is 4.13. The molecule has 2 heteroatoms. The number of aliphatic hydroxyl groups excluding tert-OH is 1. The van der Waals surface area contributed by atoms with Gasteiger partial charge in [-0.05, 0) is 36.4 Å². The Labute approximate surface area is 95.9 Å². The van der Waals surface area contributed by atoms with E-state index in [0.717, 1.165) is 5.56 Å². The lowest BCUT2D eigenvalue weighted by molar-refractivity contribution is 0.140. The van der Waals surface area contributed by atoms with E-state index in [2.05, 4.69) is 23.5 Å². The van der Waals surface area contributed by atoms with Gasteiger partial charge in [-0.3, -0.25) is 0 Å². The fourth-order valence-corrected chi connectivity index (χ4v) is 1.84. The second kappa shape index (κ2) is 4.64. The highest BCUT2D eigenvalue weighted by Gasteiger charge is 2.14. The van der Waals surface area contributed by atoms with Gasteiger partial charge in [-0.1, -0.05) is 36.4 Å². The van der Waals surface area contributed by atoms with E-state index in [1.807, 2.05) is 38.2 Å². The van der Waals surface area contributed by atoms with E-state index in [1.54, 1.807) is 0 Å². The van der Waals surface area contributed by atoms with Gasteiger partial charge in [0, 0.05) is 6.04 Å². The third-order valence-corrected chi connectivity index (χ3v) is 3.04. The molecule has 16 heavy (non-hydrogen) atoms. The molecule has 0 bridgehead atoms. The molecule has 0 spiro atoms. The van der Waals surface area contributed by atoms with Crippen LogP contribution in [0.1, 0.15) is 18.6 Å². The molecule has 2 aromatic rings. The average molecular weight is 215 g/mol. The first-order valence-corrected chi connectivity index (χ1v) is 5.56. The Morgan fingerprint density at radius 1 is 1.06 bits per heavy atom. The Morgan fingerprint density at radius 2 is 1.75 bits per heavy atom. The third-order valence-electron chi connectivity index (χ3n) is 3.04. The molecule has 84 valence electrons. The molecule has 2 rings (SSSR count). The van der Waals surface area contributed by atoms with Gasteiger partial charge in [0.25, 0.3) is 0 Å². The Kier molecular flexibility index (Phi) is 3.22. The van der Waals surface area contributed by atoms with E-state index >= 15 is 0 Å². The van der Waals surface area contributed by atoms with Crippen molar-refractivity contribution in [2.24, 2.45) is 0 Å². The first-order chi connectivity index (χ1) is 7.72. The van der Waals surface area contributed by atoms with Crippen molar-refractivity contribution in [3.63, 3.8) is 0 Å². The summed E-state index contributed by atoms with van der Waals surface area (Å²) in [6.45, 7) is 1.97. The van der Waals surface area contributed by atoms with Crippen molar-refractivity contribution in [1.82, 2.24) is 5.32 Å². The molecule has 0 aliphatic carbocycles. The number of likely N-dealkylation sites (N-methyl/N-ethyl adjacent to an activating group) is 1. The molecule has 0 fully saturated rings. The number of fused-ring (bicyclic) bond motifs is 1. The maximum atomic E-state index is 10.1. The van der Waals surface area contributed by atoms with Crippen LogP contribution in [0.15, 0.2) is 42.5 Å². The van der Waals surface area contributed by atoms with Crippen molar-refractivity contribution < 1.29 is 5.11 Å². The van der Waals surface area contributed by atoms with Crippen LogP contribution < -0.4 is 5.32 Å². The van der Waals surface area contributed by atoms with Crippen LogP contribution in [0.5, 0.6) is 0 Å². The summed E-state index contributed by atoms with van der Waals surface area (Å²) in [7, 11) is 1.86. The fraction of sp³-hybridized carbons (Fsp3) is 0.286. The topological polar surface area (TPSA) is 32.3 Å². The van der Waals surface area contributed by atoms with Crippen LogP contribution in [-0.4, -0.2) is 18.2 Å².